The van der Waals surface area contributed by atoms with Crippen LogP contribution in [0.25, 0.3) is 0 Å². The minimum absolute atomic E-state index is 0. The van der Waals surface area contributed by atoms with Gasteiger partial charge in [-0.2, -0.15) is 0 Å². The molecule has 2 heterocycles. The first-order valence-corrected chi connectivity index (χ1v) is 9.89. The topological polar surface area (TPSA) is 38.8 Å². The van der Waals surface area contributed by atoms with Gasteiger partial charge in [0.2, 0.25) is 5.91 Å². The van der Waals surface area contributed by atoms with Gasteiger partial charge in [0.1, 0.15) is 0 Å². The maximum atomic E-state index is 11.8. The Bertz CT molecular complexity index is 431. The van der Waals surface area contributed by atoms with Gasteiger partial charge in [0.05, 0.1) is 0 Å². The molecule has 0 unspecified atom stereocenters. The van der Waals surface area contributed by atoms with Gasteiger partial charge in [-0.3, -0.25) is 4.79 Å². The lowest BCUT2D eigenvalue weighted by Gasteiger charge is -2.45. The highest BCUT2D eigenvalue weighted by Crippen LogP contribution is 2.48. The van der Waals surface area contributed by atoms with E-state index in [1.54, 1.807) is 0 Å². The van der Waals surface area contributed by atoms with Crippen molar-refractivity contribution in [2.75, 3.05) is 59.4 Å². The fourth-order valence-electron chi connectivity index (χ4n) is 4.60. The minimum atomic E-state index is 0. The normalized spacial score (nSPS) is 32.4. The second-order valence-corrected chi connectivity index (χ2v) is 8.79. The molecule has 5 heteroatoms. The summed E-state index contributed by atoms with van der Waals surface area (Å²) in [5.41, 5.74) is 0.517. The predicted octanol–water partition coefficient (Wildman–Crippen LogP) is 1.50. The van der Waals surface area contributed by atoms with Crippen LogP contribution in [0.3, 0.4) is 0 Å². The molecule has 1 saturated carbocycles. The third-order valence-electron chi connectivity index (χ3n) is 6.29. The molecule has 0 aromatic rings. The van der Waals surface area contributed by atoms with E-state index in [0.717, 1.165) is 0 Å². The average Bonchev–Trinajstić information content (AvgIpc) is 2.93. The molecule has 24 heavy (non-hydrogen) atoms. The number of amides is 1. The molecule has 1 N–H and O–H groups in total. The molecule has 3 aliphatic rings. The highest BCUT2D eigenvalue weighted by molar-refractivity contribution is 5.78. The quantitative estimate of drug-likeness (QED) is 0.797. The number of nitrogens with zero attached hydrogens (tertiary/aromatic N) is 3. The number of nitrogens with one attached hydrogen (secondary N) is 1. The van der Waals surface area contributed by atoms with E-state index in [1.807, 2.05) is 13.8 Å². The van der Waals surface area contributed by atoms with Crippen molar-refractivity contribution in [2.24, 2.45) is 11.3 Å². The first kappa shape index (κ1) is 18.2. The summed E-state index contributed by atoms with van der Waals surface area (Å²) in [7, 11) is 2.22. The maximum Gasteiger partial charge on any atom is 0.222 e. The monoisotopic (exact) mass is 338 g/mol. The summed E-state index contributed by atoms with van der Waals surface area (Å²) in [4.78, 5) is 19.5. The van der Waals surface area contributed by atoms with Crippen molar-refractivity contribution in [1.29, 1.82) is 0 Å². The van der Waals surface area contributed by atoms with Crippen LogP contribution in [0.4, 0.5) is 0 Å². The van der Waals surface area contributed by atoms with Gasteiger partial charge >= 0.3 is 0 Å². The molecule has 3 rings (SSSR count). The van der Waals surface area contributed by atoms with Crippen molar-refractivity contribution < 1.29 is 6.22 Å². The van der Waals surface area contributed by atoms with Gasteiger partial charge in [-0.25, -0.2) is 0 Å². The van der Waals surface area contributed by atoms with Crippen molar-refractivity contribution in [1.82, 2.24) is 20.0 Å². The van der Waals surface area contributed by atoms with Crippen LogP contribution in [0.2, 0.25) is 0 Å². The third-order valence-corrected chi connectivity index (χ3v) is 6.29. The minimum Gasteiger partial charge on any atom is -0.353 e. The van der Waals surface area contributed by atoms with E-state index in [2.05, 4.69) is 27.1 Å². The molecule has 0 atom stereocenters. The van der Waals surface area contributed by atoms with Gasteiger partial charge in [0, 0.05) is 46.1 Å². The van der Waals surface area contributed by atoms with E-state index in [-0.39, 0.29) is 13.3 Å². The number of hydrogen-bond acceptors (Lipinski definition) is 4. The Balaban J connectivity index is 0.00000225. The van der Waals surface area contributed by atoms with Crippen LogP contribution in [0.15, 0.2) is 0 Å². The van der Waals surface area contributed by atoms with Gasteiger partial charge in [0.15, 0.2) is 0 Å². The molecule has 0 aromatic heterocycles. The second-order valence-electron chi connectivity index (χ2n) is 8.79. The SMILES string of the molecule is CC(C)C(=O)NC1CC2(CCN(CCCN3CCN(C)CC3)C2)C1.[HH]. The molecule has 1 spiro atoms. The van der Waals surface area contributed by atoms with Crippen molar-refractivity contribution in [2.45, 2.75) is 45.6 Å². The van der Waals surface area contributed by atoms with Crippen LogP contribution in [-0.4, -0.2) is 86.1 Å². The Morgan fingerprint density at radius 2 is 1.79 bits per heavy atom. The molecule has 1 amide bonds. The summed E-state index contributed by atoms with van der Waals surface area (Å²) in [5, 5.41) is 3.20. The molecule has 2 saturated heterocycles. The first-order chi connectivity index (χ1) is 11.5. The summed E-state index contributed by atoms with van der Waals surface area (Å²) in [6, 6.07) is 0.435. The molecule has 3 fully saturated rings. The lowest BCUT2D eigenvalue weighted by molar-refractivity contribution is -0.126. The van der Waals surface area contributed by atoms with Gasteiger partial charge in [-0.15, -0.1) is 0 Å². The summed E-state index contributed by atoms with van der Waals surface area (Å²) in [6.07, 6.45) is 5.02. The van der Waals surface area contributed by atoms with Gasteiger partial charge in [-0.1, -0.05) is 13.8 Å². The van der Waals surface area contributed by atoms with Crippen molar-refractivity contribution >= 4 is 5.91 Å². The summed E-state index contributed by atoms with van der Waals surface area (Å²) in [6.45, 7) is 13.9. The number of carbonyl (C=O) groups excluding carboxylic acids is 1. The largest absolute Gasteiger partial charge is 0.353 e. The molecular formula is C19H38N4O. The second kappa shape index (κ2) is 7.71. The number of likely N-dealkylation sites (tertiary alicyclic amines) is 1. The lowest BCUT2D eigenvalue weighted by Crippen LogP contribution is -2.52. The van der Waals surface area contributed by atoms with Gasteiger partial charge in [0.25, 0.3) is 0 Å². The summed E-state index contributed by atoms with van der Waals surface area (Å²) >= 11 is 0. The number of likely N-dealkylation sites (N-methyl/N-ethyl adjacent to an activating group) is 1. The lowest BCUT2D eigenvalue weighted by atomic mass is 9.65. The smallest absolute Gasteiger partial charge is 0.222 e. The Hall–Kier alpha value is -0.650. The molecule has 5 nitrogen and oxygen atoms in total. The van der Waals surface area contributed by atoms with E-state index >= 15 is 0 Å². The molecular weight excluding hydrogens is 300 g/mol. The molecule has 0 bridgehead atoms. The zero-order valence-corrected chi connectivity index (χ0v) is 15.9. The van der Waals surface area contributed by atoms with Crippen molar-refractivity contribution in [3.8, 4) is 0 Å². The Morgan fingerprint density at radius 3 is 2.46 bits per heavy atom. The molecule has 1 aliphatic carbocycles. The van der Waals surface area contributed by atoms with E-state index in [9.17, 15) is 4.79 Å². The van der Waals surface area contributed by atoms with E-state index < -0.39 is 0 Å². The third kappa shape index (κ3) is 4.50. The summed E-state index contributed by atoms with van der Waals surface area (Å²) < 4.78 is 0. The van der Waals surface area contributed by atoms with Crippen LogP contribution in [-0.2, 0) is 4.79 Å². The van der Waals surface area contributed by atoms with Crippen molar-refractivity contribution in [3.05, 3.63) is 0 Å². The van der Waals surface area contributed by atoms with Crippen LogP contribution in [0.5, 0.6) is 0 Å². The van der Waals surface area contributed by atoms with Gasteiger partial charge in [-0.05, 0) is 57.8 Å². The Labute approximate surface area is 149 Å². The van der Waals surface area contributed by atoms with Crippen LogP contribution in [0.1, 0.15) is 41.0 Å². The predicted molar refractivity (Wildman–Crippen MR) is 100 cm³/mol. The molecule has 140 valence electrons. The Morgan fingerprint density at radius 1 is 1.12 bits per heavy atom. The summed E-state index contributed by atoms with van der Waals surface area (Å²) in [5.74, 6) is 0.327. The van der Waals surface area contributed by atoms with Crippen LogP contribution >= 0.6 is 0 Å². The zero-order chi connectivity index (χ0) is 17.2. The highest BCUT2D eigenvalue weighted by Gasteiger charge is 2.48. The standard InChI is InChI=1S/C19H36N4O.H2/c1-16(2)18(24)20-17-13-19(14-17)5-8-23(15-19)7-4-6-22-11-9-21(3)10-12-22;/h16-17H,4-15H2,1-3H3,(H,20,24);1H. The van der Waals surface area contributed by atoms with Crippen molar-refractivity contribution in [3.63, 3.8) is 0 Å². The van der Waals surface area contributed by atoms with E-state index in [4.69, 9.17) is 0 Å². The number of piperazine rings is 1. The number of carbonyl (C=O) groups is 1. The molecule has 0 radical (unpaired) electrons. The fourth-order valence-corrected chi connectivity index (χ4v) is 4.60. The maximum absolute atomic E-state index is 11.8. The fraction of sp³-hybridized carbons (Fsp3) is 0.947. The van der Waals surface area contributed by atoms with Crippen LogP contribution in [0, 0.1) is 11.3 Å². The number of rotatable bonds is 6. The number of hydrogen-bond donors (Lipinski definition) is 1. The molecule has 2 aliphatic heterocycles. The van der Waals surface area contributed by atoms with Crippen LogP contribution < -0.4 is 5.32 Å². The van der Waals surface area contributed by atoms with E-state index in [0.29, 0.717) is 11.5 Å². The first-order valence-electron chi connectivity index (χ1n) is 9.89. The molecule has 0 aromatic carbocycles. The zero-order valence-electron chi connectivity index (χ0n) is 15.9. The van der Waals surface area contributed by atoms with Gasteiger partial charge < -0.3 is 20.0 Å². The van der Waals surface area contributed by atoms with E-state index in [1.165, 1.54) is 78.0 Å². The average molecular weight is 339 g/mol. The Kier molecular flexibility index (Phi) is 5.83. The highest BCUT2D eigenvalue weighted by atomic mass is 16.1.